The number of anilines is 1. The number of rotatable bonds is 5. The monoisotopic (exact) mass is 222 g/mol. The summed E-state index contributed by atoms with van der Waals surface area (Å²) in [5.74, 6) is -0.0647. The summed E-state index contributed by atoms with van der Waals surface area (Å²) in [5.41, 5.74) is 0.465. The number of ketones is 1. The number of ether oxygens (including phenoxy) is 1. The van der Waals surface area contributed by atoms with Gasteiger partial charge in [-0.05, 0) is 26.0 Å². The lowest BCUT2D eigenvalue weighted by molar-refractivity contribution is -0.140. The van der Waals surface area contributed by atoms with E-state index in [1.54, 1.807) is 25.3 Å². The molecule has 0 bridgehead atoms. The molecule has 0 saturated heterocycles. The van der Waals surface area contributed by atoms with Crippen molar-refractivity contribution in [2.45, 2.75) is 13.8 Å². The predicted octanol–water partition coefficient (Wildman–Crippen LogP) is 1.26. The molecule has 0 spiro atoms. The van der Waals surface area contributed by atoms with E-state index in [1.807, 2.05) is 0 Å². The van der Waals surface area contributed by atoms with E-state index < -0.39 is 0 Å². The van der Waals surface area contributed by atoms with Crippen molar-refractivity contribution in [2.24, 2.45) is 0 Å². The van der Waals surface area contributed by atoms with Crippen LogP contribution in [0.25, 0.3) is 0 Å². The van der Waals surface area contributed by atoms with E-state index in [1.165, 1.54) is 6.92 Å². The predicted molar refractivity (Wildman–Crippen MR) is 59.4 cm³/mol. The van der Waals surface area contributed by atoms with Crippen LogP contribution in [0.2, 0.25) is 0 Å². The highest BCUT2D eigenvalue weighted by atomic mass is 16.5. The third kappa shape index (κ3) is 3.34. The number of Topliss-reactive ketones (excluding diaryl/α,β-unsaturated/α-hetero) is 1. The Bertz CT molecular complexity index is 391. The molecule has 0 saturated carbocycles. The second-order valence-corrected chi connectivity index (χ2v) is 3.11. The van der Waals surface area contributed by atoms with E-state index >= 15 is 0 Å². The first-order valence-corrected chi connectivity index (χ1v) is 5.00. The molecular weight excluding hydrogens is 208 g/mol. The summed E-state index contributed by atoms with van der Waals surface area (Å²) in [6, 6.07) is 3.33. The quantitative estimate of drug-likeness (QED) is 0.600. The summed E-state index contributed by atoms with van der Waals surface area (Å²) in [7, 11) is 0. The first-order valence-electron chi connectivity index (χ1n) is 5.00. The molecule has 0 fully saturated rings. The van der Waals surface area contributed by atoms with Gasteiger partial charge in [0.25, 0.3) is 0 Å². The highest BCUT2D eigenvalue weighted by molar-refractivity contribution is 5.98. The molecule has 0 unspecified atom stereocenters. The maximum Gasteiger partial charge on any atom is 0.325 e. The van der Waals surface area contributed by atoms with Gasteiger partial charge in [-0.15, -0.1) is 0 Å². The number of esters is 1. The summed E-state index contributed by atoms with van der Waals surface area (Å²) in [4.78, 5) is 26.3. The molecule has 1 aromatic rings. The van der Waals surface area contributed by atoms with Crippen molar-refractivity contribution in [1.29, 1.82) is 0 Å². The first kappa shape index (κ1) is 12.2. The molecule has 0 aromatic carbocycles. The van der Waals surface area contributed by atoms with Crippen LogP contribution in [0.15, 0.2) is 18.3 Å². The van der Waals surface area contributed by atoms with Gasteiger partial charge in [-0.3, -0.25) is 9.59 Å². The van der Waals surface area contributed by atoms with Crippen LogP contribution in [-0.4, -0.2) is 29.9 Å². The largest absolute Gasteiger partial charge is 0.465 e. The Morgan fingerprint density at radius 2 is 2.25 bits per heavy atom. The SMILES string of the molecule is CCOC(=O)CNc1ncccc1C(C)=O. The summed E-state index contributed by atoms with van der Waals surface area (Å²) < 4.78 is 4.75. The van der Waals surface area contributed by atoms with Crippen molar-refractivity contribution in [3.8, 4) is 0 Å². The van der Waals surface area contributed by atoms with Crippen molar-refractivity contribution < 1.29 is 14.3 Å². The average Bonchev–Trinajstić information content (AvgIpc) is 2.27. The van der Waals surface area contributed by atoms with Gasteiger partial charge in [0, 0.05) is 6.20 Å². The van der Waals surface area contributed by atoms with Gasteiger partial charge in [-0.1, -0.05) is 0 Å². The number of carbonyl (C=O) groups excluding carboxylic acids is 2. The molecule has 5 heteroatoms. The molecule has 0 aliphatic heterocycles. The van der Waals surface area contributed by atoms with Gasteiger partial charge in [-0.2, -0.15) is 0 Å². The molecule has 0 aliphatic carbocycles. The summed E-state index contributed by atoms with van der Waals surface area (Å²) >= 11 is 0. The molecule has 1 rings (SSSR count). The van der Waals surface area contributed by atoms with Crippen LogP contribution in [0, 0.1) is 0 Å². The molecule has 0 atom stereocenters. The standard InChI is InChI=1S/C11H14N2O3/c1-3-16-10(15)7-13-11-9(8(2)14)5-4-6-12-11/h4-6H,3,7H2,1-2H3,(H,12,13). The molecule has 16 heavy (non-hydrogen) atoms. The number of hydrogen-bond donors (Lipinski definition) is 1. The second-order valence-electron chi connectivity index (χ2n) is 3.11. The number of aromatic nitrogens is 1. The Kier molecular flexibility index (Phi) is 4.44. The molecule has 86 valence electrons. The first-order chi connectivity index (χ1) is 7.65. The van der Waals surface area contributed by atoms with Gasteiger partial charge >= 0.3 is 5.97 Å². The molecular formula is C11H14N2O3. The average molecular weight is 222 g/mol. The van der Waals surface area contributed by atoms with Crippen molar-refractivity contribution in [3.63, 3.8) is 0 Å². The maximum atomic E-state index is 11.2. The Morgan fingerprint density at radius 3 is 2.88 bits per heavy atom. The van der Waals surface area contributed by atoms with Gasteiger partial charge < -0.3 is 10.1 Å². The normalized spacial score (nSPS) is 9.62. The summed E-state index contributed by atoms with van der Waals surface area (Å²) in [6.45, 7) is 3.53. The molecule has 0 aliphatic rings. The highest BCUT2D eigenvalue weighted by Crippen LogP contribution is 2.11. The Morgan fingerprint density at radius 1 is 1.50 bits per heavy atom. The minimum atomic E-state index is -0.373. The third-order valence-electron chi connectivity index (χ3n) is 1.89. The zero-order chi connectivity index (χ0) is 12.0. The smallest absolute Gasteiger partial charge is 0.325 e. The number of nitrogens with one attached hydrogen (secondary N) is 1. The van der Waals surface area contributed by atoms with Crippen molar-refractivity contribution >= 4 is 17.6 Å². The van der Waals surface area contributed by atoms with Crippen LogP contribution in [0.4, 0.5) is 5.82 Å². The van der Waals surface area contributed by atoms with E-state index in [0.717, 1.165) is 0 Å². The van der Waals surface area contributed by atoms with Crippen molar-refractivity contribution in [3.05, 3.63) is 23.9 Å². The molecule has 1 heterocycles. The molecule has 5 nitrogen and oxygen atoms in total. The van der Waals surface area contributed by atoms with E-state index in [2.05, 4.69) is 10.3 Å². The number of hydrogen-bond acceptors (Lipinski definition) is 5. The van der Waals surface area contributed by atoms with E-state index in [-0.39, 0.29) is 18.3 Å². The maximum absolute atomic E-state index is 11.2. The molecule has 0 amide bonds. The number of pyridine rings is 1. The molecule has 1 N–H and O–H groups in total. The fourth-order valence-electron chi connectivity index (χ4n) is 1.20. The topological polar surface area (TPSA) is 68.3 Å². The number of carbonyl (C=O) groups is 2. The second kappa shape index (κ2) is 5.85. The molecule has 1 aromatic heterocycles. The fraction of sp³-hybridized carbons (Fsp3) is 0.364. The van der Waals surface area contributed by atoms with E-state index in [4.69, 9.17) is 4.74 Å². The lowest BCUT2D eigenvalue weighted by atomic mass is 10.2. The Balaban J connectivity index is 2.66. The van der Waals surface area contributed by atoms with Crippen LogP contribution in [0.5, 0.6) is 0 Å². The summed E-state index contributed by atoms with van der Waals surface area (Å²) in [5, 5.41) is 2.77. The van der Waals surface area contributed by atoms with Crippen LogP contribution in [0.3, 0.4) is 0 Å². The third-order valence-corrected chi connectivity index (χ3v) is 1.89. The van der Waals surface area contributed by atoms with Gasteiger partial charge in [0.1, 0.15) is 12.4 Å². The van der Waals surface area contributed by atoms with Gasteiger partial charge in [0.05, 0.1) is 12.2 Å². The van der Waals surface area contributed by atoms with Crippen LogP contribution < -0.4 is 5.32 Å². The minimum Gasteiger partial charge on any atom is -0.465 e. The summed E-state index contributed by atoms with van der Waals surface area (Å²) in [6.07, 6.45) is 1.56. The van der Waals surface area contributed by atoms with Crippen LogP contribution >= 0.6 is 0 Å². The minimum absolute atomic E-state index is 0.00509. The highest BCUT2D eigenvalue weighted by Gasteiger charge is 2.09. The van der Waals surface area contributed by atoms with Crippen LogP contribution in [-0.2, 0) is 9.53 Å². The Hall–Kier alpha value is -1.91. The lowest BCUT2D eigenvalue weighted by Gasteiger charge is -2.07. The zero-order valence-corrected chi connectivity index (χ0v) is 9.32. The lowest BCUT2D eigenvalue weighted by Crippen LogP contribution is -2.18. The van der Waals surface area contributed by atoms with Crippen molar-refractivity contribution in [1.82, 2.24) is 4.98 Å². The van der Waals surface area contributed by atoms with Crippen LogP contribution in [0.1, 0.15) is 24.2 Å². The van der Waals surface area contributed by atoms with E-state index in [9.17, 15) is 9.59 Å². The van der Waals surface area contributed by atoms with E-state index in [0.29, 0.717) is 18.0 Å². The van der Waals surface area contributed by atoms with Crippen molar-refractivity contribution in [2.75, 3.05) is 18.5 Å². The van der Waals surface area contributed by atoms with Gasteiger partial charge in [-0.25, -0.2) is 4.98 Å². The van der Waals surface area contributed by atoms with Gasteiger partial charge in [0.15, 0.2) is 5.78 Å². The number of nitrogens with zero attached hydrogens (tertiary/aromatic N) is 1. The molecule has 0 radical (unpaired) electrons. The van der Waals surface area contributed by atoms with Gasteiger partial charge in [0.2, 0.25) is 0 Å². The Labute approximate surface area is 93.8 Å². The zero-order valence-electron chi connectivity index (χ0n) is 9.32. The fourth-order valence-corrected chi connectivity index (χ4v) is 1.20.